The third-order valence-corrected chi connectivity index (χ3v) is 1.27. The van der Waals surface area contributed by atoms with Crippen LogP contribution in [0.5, 0.6) is 0 Å². The van der Waals surface area contributed by atoms with Gasteiger partial charge >= 0.3 is 0 Å². The Morgan fingerprint density at radius 1 is 1.78 bits per heavy atom. The number of halogens is 1. The summed E-state index contributed by atoms with van der Waals surface area (Å²) in [6, 6.07) is 1.82. The number of aryl methyl sites for hydroxylation is 2. The maximum atomic E-state index is 11.7. The third kappa shape index (κ3) is 1.28. The Kier molecular flexibility index (Phi) is 1.82. The van der Waals surface area contributed by atoms with Crippen molar-refractivity contribution in [1.29, 1.82) is 0 Å². The number of hydrogen-bond acceptors (Lipinski definition) is 1. The molecule has 0 aliphatic rings. The fourth-order valence-electron chi connectivity index (χ4n) is 0.743. The molecule has 0 spiro atoms. The fourth-order valence-corrected chi connectivity index (χ4v) is 0.743. The molecule has 0 saturated carbocycles. The highest BCUT2D eigenvalue weighted by Gasteiger charge is 1.94. The van der Waals surface area contributed by atoms with E-state index in [0.717, 1.165) is 5.69 Å². The van der Waals surface area contributed by atoms with Gasteiger partial charge in [-0.05, 0) is 6.07 Å². The van der Waals surface area contributed by atoms with Gasteiger partial charge in [0, 0.05) is 25.4 Å². The number of nitrogens with zero attached hydrogens (tertiary/aromatic N) is 2. The van der Waals surface area contributed by atoms with E-state index in [-0.39, 0.29) is 6.67 Å². The molecule has 0 radical (unpaired) electrons. The summed E-state index contributed by atoms with van der Waals surface area (Å²) in [4.78, 5) is 0. The zero-order chi connectivity index (χ0) is 6.69. The van der Waals surface area contributed by atoms with E-state index in [2.05, 4.69) is 5.10 Å². The van der Waals surface area contributed by atoms with Crippen LogP contribution in [0.15, 0.2) is 12.3 Å². The highest BCUT2D eigenvalue weighted by Crippen LogP contribution is 1.96. The maximum Gasteiger partial charge on any atom is 0.0949 e. The Balaban J connectivity index is 2.69. The van der Waals surface area contributed by atoms with Crippen molar-refractivity contribution < 1.29 is 4.39 Å². The molecule has 0 amide bonds. The molecule has 0 aliphatic carbocycles. The monoisotopic (exact) mass is 128 g/mol. The molecule has 1 rings (SSSR count). The minimum absolute atomic E-state index is 0.306. The summed E-state index contributed by atoms with van der Waals surface area (Å²) in [7, 11) is 1.81. The minimum atomic E-state index is -0.306. The first kappa shape index (κ1) is 6.26. The Morgan fingerprint density at radius 3 is 3.00 bits per heavy atom. The van der Waals surface area contributed by atoms with Gasteiger partial charge in [0.1, 0.15) is 0 Å². The highest BCUT2D eigenvalue weighted by molar-refractivity contribution is 4.99. The Hall–Kier alpha value is -0.860. The van der Waals surface area contributed by atoms with Crippen molar-refractivity contribution in [2.45, 2.75) is 6.42 Å². The maximum absolute atomic E-state index is 11.7. The lowest BCUT2D eigenvalue weighted by molar-refractivity contribution is 0.484. The van der Waals surface area contributed by atoms with Crippen LogP contribution in [-0.4, -0.2) is 16.5 Å². The second-order valence-electron chi connectivity index (χ2n) is 1.89. The van der Waals surface area contributed by atoms with Crippen LogP contribution in [0.1, 0.15) is 5.69 Å². The number of rotatable bonds is 2. The number of alkyl halides is 1. The van der Waals surface area contributed by atoms with Crippen LogP contribution in [0.3, 0.4) is 0 Å². The topological polar surface area (TPSA) is 17.8 Å². The quantitative estimate of drug-likeness (QED) is 0.579. The molecular formula is C6H9FN2. The first-order valence-corrected chi connectivity index (χ1v) is 2.87. The first-order valence-electron chi connectivity index (χ1n) is 2.87. The van der Waals surface area contributed by atoms with Crippen LogP contribution in [0.4, 0.5) is 4.39 Å². The number of aromatic nitrogens is 2. The van der Waals surface area contributed by atoms with Crippen molar-refractivity contribution in [1.82, 2.24) is 9.78 Å². The summed E-state index contributed by atoms with van der Waals surface area (Å²) >= 11 is 0. The van der Waals surface area contributed by atoms with Crippen molar-refractivity contribution in [3.05, 3.63) is 18.0 Å². The van der Waals surface area contributed by atoms with Crippen LogP contribution in [0.25, 0.3) is 0 Å². The molecule has 1 aromatic rings. The van der Waals surface area contributed by atoms with E-state index < -0.39 is 0 Å². The van der Waals surface area contributed by atoms with E-state index in [1.165, 1.54) is 0 Å². The standard InChI is InChI=1S/C6H9FN2/c1-9-6(2-4-7)3-5-8-9/h3,5H,2,4H2,1H3. The predicted octanol–water partition coefficient (Wildman–Crippen LogP) is 0.932. The van der Waals surface area contributed by atoms with Crippen LogP contribution < -0.4 is 0 Å². The Bertz CT molecular complexity index is 183. The van der Waals surface area contributed by atoms with E-state index >= 15 is 0 Å². The van der Waals surface area contributed by atoms with E-state index in [4.69, 9.17) is 0 Å². The van der Waals surface area contributed by atoms with E-state index in [1.807, 2.05) is 13.1 Å². The van der Waals surface area contributed by atoms with Crippen LogP contribution in [0.2, 0.25) is 0 Å². The molecular weight excluding hydrogens is 119 g/mol. The summed E-state index contributed by atoms with van der Waals surface area (Å²) in [5.41, 5.74) is 0.942. The largest absolute Gasteiger partial charge is 0.273 e. The summed E-state index contributed by atoms with van der Waals surface area (Å²) in [6.45, 7) is -0.306. The second kappa shape index (κ2) is 2.62. The van der Waals surface area contributed by atoms with E-state index in [1.54, 1.807) is 10.9 Å². The first-order chi connectivity index (χ1) is 4.34. The van der Waals surface area contributed by atoms with Crippen molar-refractivity contribution >= 4 is 0 Å². The van der Waals surface area contributed by atoms with Crippen molar-refractivity contribution in [3.63, 3.8) is 0 Å². The molecule has 0 aromatic carbocycles. The van der Waals surface area contributed by atoms with Gasteiger partial charge in [-0.3, -0.25) is 9.07 Å². The van der Waals surface area contributed by atoms with Gasteiger partial charge in [0.15, 0.2) is 0 Å². The second-order valence-corrected chi connectivity index (χ2v) is 1.89. The minimum Gasteiger partial charge on any atom is -0.273 e. The molecule has 0 unspecified atom stereocenters. The molecule has 50 valence electrons. The van der Waals surface area contributed by atoms with Crippen LogP contribution >= 0.6 is 0 Å². The van der Waals surface area contributed by atoms with Crippen molar-refractivity contribution in [2.75, 3.05) is 6.67 Å². The molecule has 0 aliphatic heterocycles. The zero-order valence-corrected chi connectivity index (χ0v) is 5.34. The summed E-state index contributed by atoms with van der Waals surface area (Å²) < 4.78 is 13.4. The molecule has 1 heterocycles. The zero-order valence-electron chi connectivity index (χ0n) is 5.34. The Morgan fingerprint density at radius 2 is 2.56 bits per heavy atom. The van der Waals surface area contributed by atoms with Gasteiger partial charge < -0.3 is 0 Å². The van der Waals surface area contributed by atoms with Gasteiger partial charge in [-0.25, -0.2) is 0 Å². The lowest BCUT2D eigenvalue weighted by atomic mass is 10.3. The van der Waals surface area contributed by atoms with Gasteiger partial charge in [-0.2, -0.15) is 5.10 Å². The number of hydrogen-bond donors (Lipinski definition) is 0. The smallest absolute Gasteiger partial charge is 0.0949 e. The Labute approximate surface area is 53.3 Å². The van der Waals surface area contributed by atoms with Gasteiger partial charge in [-0.15, -0.1) is 0 Å². The van der Waals surface area contributed by atoms with Crippen molar-refractivity contribution in [3.8, 4) is 0 Å². The molecule has 1 aromatic heterocycles. The summed E-state index contributed by atoms with van der Waals surface area (Å²) in [5, 5.41) is 3.89. The van der Waals surface area contributed by atoms with Crippen LogP contribution in [0, 0.1) is 0 Å². The van der Waals surface area contributed by atoms with E-state index in [9.17, 15) is 4.39 Å². The summed E-state index contributed by atoms with van der Waals surface area (Å²) in [6.07, 6.45) is 2.14. The summed E-state index contributed by atoms with van der Waals surface area (Å²) in [5.74, 6) is 0. The average molecular weight is 128 g/mol. The lowest BCUT2D eigenvalue weighted by Crippen LogP contribution is -1.98. The highest BCUT2D eigenvalue weighted by atomic mass is 19.1. The molecule has 2 nitrogen and oxygen atoms in total. The molecule has 0 saturated heterocycles. The van der Waals surface area contributed by atoms with Gasteiger partial charge in [0.2, 0.25) is 0 Å². The molecule has 9 heavy (non-hydrogen) atoms. The van der Waals surface area contributed by atoms with Gasteiger partial charge in [0.05, 0.1) is 6.67 Å². The van der Waals surface area contributed by atoms with Crippen LogP contribution in [-0.2, 0) is 13.5 Å². The third-order valence-electron chi connectivity index (χ3n) is 1.27. The van der Waals surface area contributed by atoms with Crippen molar-refractivity contribution in [2.24, 2.45) is 7.05 Å². The predicted molar refractivity (Wildman–Crippen MR) is 32.9 cm³/mol. The average Bonchev–Trinajstić information content (AvgIpc) is 2.18. The molecule has 3 heteroatoms. The lowest BCUT2D eigenvalue weighted by Gasteiger charge is -1.94. The van der Waals surface area contributed by atoms with E-state index in [0.29, 0.717) is 6.42 Å². The molecule has 0 bridgehead atoms. The van der Waals surface area contributed by atoms with Gasteiger partial charge in [-0.1, -0.05) is 0 Å². The molecule has 0 fully saturated rings. The SMILES string of the molecule is Cn1nccc1CCF. The molecule has 0 N–H and O–H groups in total. The van der Waals surface area contributed by atoms with Gasteiger partial charge in [0.25, 0.3) is 0 Å². The molecule has 0 atom stereocenters. The fraction of sp³-hybridized carbons (Fsp3) is 0.500. The normalized spacial score (nSPS) is 10.0.